The molecule has 0 radical (unpaired) electrons. The van der Waals surface area contributed by atoms with Crippen LogP contribution in [-0.2, 0) is 13.8 Å². The zero-order valence-electron chi connectivity index (χ0n) is 17.7. The number of ether oxygens (including phenoxy) is 1. The van der Waals surface area contributed by atoms with Crippen LogP contribution >= 0.6 is 7.82 Å². The number of phosphoric acid groups is 1. The van der Waals surface area contributed by atoms with Crippen molar-refractivity contribution in [3.8, 4) is 0 Å². The van der Waals surface area contributed by atoms with Crippen LogP contribution in [0.4, 0.5) is 0 Å². The lowest BCUT2D eigenvalue weighted by Crippen LogP contribution is -1.98. The van der Waals surface area contributed by atoms with E-state index in [0.717, 1.165) is 12.8 Å². The van der Waals surface area contributed by atoms with Gasteiger partial charge in [0.25, 0.3) is 5.95 Å². The van der Waals surface area contributed by atoms with E-state index in [1.54, 1.807) is 6.92 Å². The maximum atomic E-state index is 10.7. The first kappa shape index (κ1) is 26.5. The monoisotopic (exact) mass is 406 g/mol. The van der Waals surface area contributed by atoms with E-state index in [1.165, 1.54) is 96.0 Å². The lowest BCUT2D eigenvalue weighted by atomic mass is 10.0. The largest absolute Gasteiger partial charge is 0.527 e. The first-order valence-corrected chi connectivity index (χ1v) is 12.6. The molecular weight excluding hydrogens is 363 g/mol. The molecule has 5 nitrogen and oxygen atoms in total. The van der Waals surface area contributed by atoms with Crippen LogP contribution in [0.2, 0.25) is 0 Å². The second-order valence-electron chi connectivity index (χ2n) is 7.34. The minimum atomic E-state index is -4.52. The van der Waals surface area contributed by atoms with E-state index in [0.29, 0.717) is 6.61 Å². The molecule has 0 rings (SSSR count). The molecule has 0 amide bonds. The average molecular weight is 407 g/mol. The summed E-state index contributed by atoms with van der Waals surface area (Å²) in [6.45, 7) is 4.32. The third-order valence-corrected chi connectivity index (χ3v) is 5.10. The summed E-state index contributed by atoms with van der Waals surface area (Å²) in [7, 11) is -4.52. The molecule has 0 aromatic rings. The Kier molecular flexibility index (Phi) is 18.5. The number of rotatable bonds is 20. The fourth-order valence-electron chi connectivity index (χ4n) is 3.10. The molecule has 0 aliphatic heterocycles. The molecule has 0 fully saturated rings. The molecule has 0 aliphatic carbocycles. The summed E-state index contributed by atoms with van der Waals surface area (Å²) in [5.41, 5.74) is 0. The normalized spacial score (nSPS) is 12.4. The van der Waals surface area contributed by atoms with Gasteiger partial charge in [0.2, 0.25) is 0 Å². The summed E-state index contributed by atoms with van der Waals surface area (Å²) in [5, 5.41) is 0. The van der Waals surface area contributed by atoms with Crippen LogP contribution in [0.3, 0.4) is 0 Å². The van der Waals surface area contributed by atoms with Gasteiger partial charge in [0.15, 0.2) is 0 Å². The van der Waals surface area contributed by atoms with E-state index in [2.05, 4.69) is 11.4 Å². The number of unbranched alkanes of at least 4 members (excludes halogenated alkanes) is 15. The van der Waals surface area contributed by atoms with Crippen LogP contribution in [0.15, 0.2) is 12.0 Å². The summed E-state index contributed by atoms with van der Waals surface area (Å²) < 4.78 is 20.4. The van der Waals surface area contributed by atoms with Crippen LogP contribution in [0, 0.1) is 0 Å². The summed E-state index contributed by atoms with van der Waals surface area (Å²) in [6.07, 6.45) is 22.4. The van der Waals surface area contributed by atoms with E-state index < -0.39 is 7.82 Å². The third kappa shape index (κ3) is 21.6. The fourth-order valence-corrected chi connectivity index (χ4v) is 3.50. The van der Waals surface area contributed by atoms with Crippen LogP contribution in [-0.4, -0.2) is 16.4 Å². The molecule has 2 N–H and O–H groups in total. The minimum absolute atomic E-state index is 0.0932. The van der Waals surface area contributed by atoms with Gasteiger partial charge in [-0.05, 0) is 19.4 Å². The molecular formula is C21H43O5P. The number of hydrogen-bond donors (Lipinski definition) is 2. The predicted octanol–water partition coefficient (Wildman–Crippen LogP) is 7.24. The predicted molar refractivity (Wildman–Crippen MR) is 112 cm³/mol. The van der Waals surface area contributed by atoms with E-state index >= 15 is 0 Å². The summed E-state index contributed by atoms with van der Waals surface area (Å²) in [5.74, 6) is -0.0932. The van der Waals surface area contributed by atoms with Crippen molar-refractivity contribution in [1.29, 1.82) is 0 Å². The summed E-state index contributed by atoms with van der Waals surface area (Å²) in [6, 6.07) is 0. The zero-order chi connectivity index (χ0) is 20.2. The smallest absolute Gasteiger partial charge is 0.465 e. The maximum absolute atomic E-state index is 10.7. The Morgan fingerprint density at radius 1 is 0.741 bits per heavy atom. The lowest BCUT2D eigenvalue weighted by Gasteiger charge is -2.11. The van der Waals surface area contributed by atoms with Crippen molar-refractivity contribution in [2.45, 2.75) is 117 Å². The van der Waals surface area contributed by atoms with Gasteiger partial charge < -0.3 is 9.26 Å². The van der Waals surface area contributed by atoms with Gasteiger partial charge in [-0.15, -0.1) is 0 Å². The Labute approximate surface area is 167 Å². The Morgan fingerprint density at radius 2 is 1.11 bits per heavy atom. The van der Waals surface area contributed by atoms with Crippen LogP contribution in [0.1, 0.15) is 117 Å². The van der Waals surface area contributed by atoms with Crippen molar-refractivity contribution in [3.05, 3.63) is 12.0 Å². The van der Waals surface area contributed by atoms with Crippen molar-refractivity contribution in [2.24, 2.45) is 0 Å². The van der Waals surface area contributed by atoms with Crippen LogP contribution in [0.25, 0.3) is 0 Å². The van der Waals surface area contributed by atoms with E-state index in [9.17, 15) is 4.57 Å². The number of allylic oxidation sites excluding steroid dienone is 1. The van der Waals surface area contributed by atoms with E-state index in [-0.39, 0.29) is 5.95 Å². The molecule has 0 heterocycles. The molecule has 0 spiro atoms. The highest BCUT2D eigenvalue weighted by molar-refractivity contribution is 7.46. The van der Waals surface area contributed by atoms with Gasteiger partial charge in [0.1, 0.15) is 0 Å². The maximum Gasteiger partial charge on any atom is 0.527 e. The molecule has 6 heteroatoms. The highest BCUT2D eigenvalue weighted by atomic mass is 31.2. The SMILES string of the molecule is CC=C(OCCCCCCCCCCCCCCCCCC)OP(=O)(O)O. The summed E-state index contributed by atoms with van der Waals surface area (Å²) >= 11 is 0. The minimum Gasteiger partial charge on any atom is -0.465 e. The molecule has 27 heavy (non-hydrogen) atoms. The first-order valence-electron chi connectivity index (χ1n) is 11.0. The number of hydrogen-bond acceptors (Lipinski definition) is 3. The van der Waals surface area contributed by atoms with Crippen molar-refractivity contribution in [2.75, 3.05) is 6.61 Å². The Hall–Kier alpha value is -0.510. The third-order valence-electron chi connectivity index (χ3n) is 4.69. The van der Waals surface area contributed by atoms with Crippen molar-refractivity contribution in [1.82, 2.24) is 0 Å². The van der Waals surface area contributed by atoms with Crippen molar-refractivity contribution >= 4 is 7.82 Å². The summed E-state index contributed by atoms with van der Waals surface area (Å²) in [4.78, 5) is 17.5. The molecule has 0 aliphatic rings. The van der Waals surface area contributed by atoms with Gasteiger partial charge in [0.05, 0.1) is 6.61 Å². The van der Waals surface area contributed by atoms with Crippen molar-refractivity contribution < 1.29 is 23.6 Å². The molecule has 0 saturated carbocycles. The first-order chi connectivity index (χ1) is 13.0. The number of phosphoric ester groups is 1. The molecule has 0 saturated heterocycles. The zero-order valence-corrected chi connectivity index (χ0v) is 18.6. The standard InChI is InChI=1S/C21H43O5P/c1-3-5-6-7-8-9-10-11-12-13-14-15-16-17-18-19-20-25-21(4-2)26-27(22,23)24/h4H,3,5-20H2,1-2H3,(H2,22,23,24). The van der Waals surface area contributed by atoms with Crippen LogP contribution in [0.5, 0.6) is 0 Å². The fraction of sp³-hybridized carbons (Fsp3) is 0.905. The van der Waals surface area contributed by atoms with E-state index in [4.69, 9.17) is 14.5 Å². The quantitative estimate of drug-likeness (QED) is 0.127. The van der Waals surface area contributed by atoms with Gasteiger partial charge in [-0.25, -0.2) is 4.57 Å². The molecule has 0 atom stereocenters. The van der Waals surface area contributed by atoms with Gasteiger partial charge in [-0.2, -0.15) is 0 Å². The second kappa shape index (κ2) is 18.8. The molecule has 0 aromatic carbocycles. The topological polar surface area (TPSA) is 76.0 Å². The van der Waals surface area contributed by atoms with Gasteiger partial charge in [0, 0.05) is 0 Å². The second-order valence-corrected chi connectivity index (χ2v) is 8.51. The molecule has 0 aromatic heterocycles. The van der Waals surface area contributed by atoms with Gasteiger partial charge in [-0.1, -0.05) is 103 Å². The lowest BCUT2D eigenvalue weighted by molar-refractivity contribution is 0.0808. The van der Waals surface area contributed by atoms with Gasteiger partial charge >= 0.3 is 7.82 Å². The highest BCUT2D eigenvalue weighted by Gasteiger charge is 2.17. The molecule has 162 valence electrons. The van der Waals surface area contributed by atoms with E-state index in [1.807, 2.05) is 0 Å². The Morgan fingerprint density at radius 3 is 1.44 bits per heavy atom. The molecule has 0 unspecified atom stereocenters. The Balaban J connectivity index is 3.24. The van der Waals surface area contributed by atoms with Crippen molar-refractivity contribution in [3.63, 3.8) is 0 Å². The molecule has 0 bridgehead atoms. The Bertz CT molecular complexity index is 392. The van der Waals surface area contributed by atoms with Crippen LogP contribution < -0.4 is 0 Å². The van der Waals surface area contributed by atoms with Gasteiger partial charge in [-0.3, -0.25) is 9.79 Å². The highest BCUT2D eigenvalue weighted by Crippen LogP contribution is 2.39. The average Bonchev–Trinajstić information content (AvgIpc) is 2.62.